The van der Waals surface area contributed by atoms with Crippen LogP contribution in [0.3, 0.4) is 0 Å². The van der Waals surface area contributed by atoms with Crippen LogP contribution in [0.25, 0.3) is 0 Å². The molecule has 1 aliphatic heterocycles. The Morgan fingerprint density at radius 1 is 1.46 bits per heavy atom. The average molecular weight is 336 g/mol. The fourth-order valence-corrected chi connectivity index (χ4v) is 2.39. The van der Waals surface area contributed by atoms with Gasteiger partial charge in [0.15, 0.2) is 5.78 Å². The van der Waals surface area contributed by atoms with Gasteiger partial charge in [-0.25, -0.2) is 4.99 Å². The normalized spacial score (nSPS) is 23.1. The van der Waals surface area contributed by atoms with E-state index in [2.05, 4.69) is 15.3 Å². The number of aromatic nitrogens is 1. The molecule has 3 N–H and O–H groups in total. The number of fused-ring (bicyclic) bond motifs is 2. The van der Waals surface area contributed by atoms with E-state index in [4.69, 9.17) is 5.73 Å². The first-order chi connectivity index (χ1) is 11.4. The van der Waals surface area contributed by atoms with E-state index in [9.17, 15) is 18.4 Å². The van der Waals surface area contributed by atoms with Crippen LogP contribution in [0.4, 0.5) is 8.78 Å². The zero-order valence-corrected chi connectivity index (χ0v) is 13.1. The SMILES string of the molecule is CC1CCCC(=O)c2cc(ccn2)C(=N\C(F)F)/C(=C\N)NC1=O. The summed E-state index contributed by atoms with van der Waals surface area (Å²) in [6.45, 7) is -1.30. The lowest BCUT2D eigenvalue weighted by Crippen LogP contribution is -2.33. The van der Waals surface area contributed by atoms with Gasteiger partial charge in [0.25, 0.3) is 0 Å². The van der Waals surface area contributed by atoms with Crippen LogP contribution in [0.2, 0.25) is 0 Å². The minimum Gasteiger partial charge on any atom is -0.403 e. The highest BCUT2D eigenvalue weighted by Gasteiger charge is 2.21. The molecule has 0 radical (unpaired) electrons. The third-order valence-corrected chi connectivity index (χ3v) is 3.71. The first-order valence-corrected chi connectivity index (χ1v) is 7.51. The fraction of sp³-hybridized carbons (Fsp3) is 0.375. The van der Waals surface area contributed by atoms with Crippen molar-refractivity contribution in [1.82, 2.24) is 10.3 Å². The van der Waals surface area contributed by atoms with Crippen LogP contribution in [0.15, 0.2) is 35.2 Å². The summed E-state index contributed by atoms with van der Waals surface area (Å²) in [7, 11) is 0. The Balaban J connectivity index is 2.56. The van der Waals surface area contributed by atoms with Crippen LogP contribution < -0.4 is 11.1 Å². The van der Waals surface area contributed by atoms with Crippen molar-refractivity contribution in [2.24, 2.45) is 16.6 Å². The molecule has 128 valence electrons. The summed E-state index contributed by atoms with van der Waals surface area (Å²) < 4.78 is 25.7. The van der Waals surface area contributed by atoms with Crippen LogP contribution in [0.1, 0.15) is 42.2 Å². The van der Waals surface area contributed by atoms with Gasteiger partial charge >= 0.3 is 6.55 Å². The molecule has 0 spiro atoms. The topological polar surface area (TPSA) is 97.4 Å². The van der Waals surface area contributed by atoms with Gasteiger partial charge in [0, 0.05) is 30.3 Å². The van der Waals surface area contributed by atoms with E-state index >= 15 is 0 Å². The maximum atomic E-state index is 12.8. The van der Waals surface area contributed by atoms with Gasteiger partial charge in [-0.15, -0.1) is 0 Å². The molecule has 6 nitrogen and oxygen atoms in total. The number of alkyl halides is 2. The molecule has 0 fully saturated rings. The second kappa shape index (κ2) is 7.76. The molecule has 0 saturated carbocycles. The highest BCUT2D eigenvalue weighted by Crippen LogP contribution is 2.17. The summed E-state index contributed by atoms with van der Waals surface area (Å²) in [6.07, 6.45) is 3.60. The summed E-state index contributed by atoms with van der Waals surface area (Å²) in [5.41, 5.74) is 5.69. The molecule has 0 aromatic carbocycles. The number of aliphatic imine (C=N–C) groups is 1. The molecule has 1 amide bonds. The van der Waals surface area contributed by atoms with Gasteiger partial charge in [0.05, 0.1) is 11.4 Å². The Hall–Kier alpha value is -2.64. The summed E-state index contributed by atoms with van der Waals surface area (Å²) >= 11 is 0. The maximum Gasteiger partial charge on any atom is 0.332 e. The Bertz CT molecular complexity index is 701. The van der Waals surface area contributed by atoms with Crippen molar-refractivity contribution < 1.29 is 18.4 Å². The predicted octanol–water partition coefficient (Wildman–Crippen LogP) is 2.01. The van der Waals surface area contributed by atoms with E-state index in [0.717, 1.165) is 6.20 Å². The standard InChI is InChI=1S/C16H18F2N4O2/c1-9-3-2-4-13(23)11-7-10(5-6-20-11)14(22-16(17)18)12(8-19)21-15(9)24/h5-9,16H,2-4,19H2,1H3,(H,21,24)/b12-8+,22-14+. The number of Topliss-reactive ketones (excluding diaryl/α,β-unsaturated/α-hetero) is 1. The molecule has 24 heavy (non-hydrogen) atoms. The Morgan fingerprint density at radius 3 is 2.88 bits per heavy atom. The Labute approximate surface area is 137 Å². The number of carbonyl (C=O) groups excluding carboxylic acids is 2. The number of nitrogens with one attached hydrogen (secondary N) is 1. The van der Waals surface area contributed by atoms with Crippen molar-refractivity contribution in [3.63, 3.8) is 0 Å². The van der Waals surface area contributed by atoms with E-state index in [0.29, 0.717) is 12.8 Å². The van der Waals surface area contributed by atoms with E-state index < -0.39 is 12.5 Å². The molecule has 2 heterocycles. The van der Waals surface area contributed by atoms with Crippen molar-refractivity contribution >= 4 is 17.4 Å². The van der Waals surface area contributed by atoms with Crippen LogP contribution in [-0.4, -0.2) is 28.9 Å². The molecule has 2 rings (SSSR count). The largest absolute Gasteiger partial charge is 0.403 e. The first kappa shape index (κ1) is 17.7. The van der Waals surface area contributed by atoms with E-state index in [1.807, 2.05) is 0 Å². The molecule has 1 aromatic heterocycles. The molecular formula is C16H18F2N4O2. The van der Waals surface area contributed by atoms with E-state index in [1.165, 1.54) is 18.3 Å². The van der Waals surface area contributed by atoms with Gasteiger partial charge < -0.3 is 11.1 Å². The second-order valence-corrected chi connectivity index (χ2v) is 5.47. The number of pyridine rings is 1. The third-order valence-electron chi connectivity index (χ3n) is 3.71. The van der Waals surface area contributed by atoms with Crippen molar-refractivity contribution in [1.29, 1.82) is 0 Å². The van der Waals surface area contributed by atoms with Gasteiger partial charge in [-0.3, -0.25) is 14.6 Å². The number of allylic oxidation sites excluding steroid dienone is 1. The smallest absolute Gasteiger partial charge is 0.332 e. The lowest BCUT2D eigenvalue weighted by atomic mass is 9.98. The average Bonchev–Trinajstić information content (AvgIpc) is 2.56. The molecule has 0 aliphatic carbocycles. The molecule has 1 aromatic rings. The Morgan fingerprint density at radius 2 is 2.21 bits per heavy atom. The van der Waals surface area contributed by atoms with Crippen LogP contribution in [-0.2, 0) is 4.79 Å². The number of hydrogen-bond acceptors (Lipinski definition) is 5. The zero-order valence-electron chi connectivity index (χ0n) is 13.1. The zero-order chi connectivity index (χ0) is 17.7. The molecule has 1 aliphatic rings. The number of hydrogen-bond donors (Lipinski definition) is 2. The predicted molar refractivity (Wildman–Crippen MR) is 84.5 cm³/mol. The highest BCUT2D eigenvalue weighted by atomic mass is 19.3. The minimum atomic E-state index is -3.00. The number of halogens is 2. The molecule has 0 saturated heterocycles. The van der Waals surface area contributed by atoms with Crippen LogP contribution in [0, 0.1) is 5.92 Å². The highest BCUT2D eigenvalue weighted by molar-refractivity contribution is 6.14. The molecule has 8 heteroatoms. The van der Waals surface area contributed by atoms with Crippen molar-refractivity contribution in [2.45, 2.75) is 32.7 Å². The summed E-state index contributed by atoms with van der Waals surface area (Å²) in [4.78, 5) is 31.6. The lowest BCUT2D eigenvalue weighted by molar-refractivity contribution is -0.123. The number of amides is 1. The number of nitrogens with two attached hydrogens (primary N) is 1. The van der Waals surface area contributed by atoms with Gasteiger partial charge in [0.1, 0.15) is 5.69 Å². The van der Waals surface area contributed by atoms with Crippen molar-refractivity contribution in [3.05, 3.63) is 41.5 Å². The lowest BCUT2D eigenvalue weighted by Gasteiger charge is -2.17. The van der Waals surface area contributed by atoms with Gasteiger partial charge in [-0.1, -0.05) is 6.92 Å². The third kappa shape index (κ3) is 4.21. The molecular weight excluding hydrogens is 318 g/mol. The molecule has 2 bridgehead atoms. The summed E-state index contributed by atoms with van der Waals surface area (Å²) in [5.74, 6) is -0.970. The first-order valence-electron chi connectivity index (χ1n) is 7.51. The fourth-order valence-electron chi connectivity index (χ4n) is 2.39. The monoisotopic (exact) mass is 336 g/mol. The number of nitrogens with zero attached hydrogens (tertiary/aromatic N) is 2. The van der Waals surface area contributed by atoms with E-state index in [-0.39, 0.29) is 40.8 Å². The minimum absolute atomic E-state index is 0.0303. The van der Waals surface area contributed by atoms with Crippen LogP contribution in [0.5, 0.6) is 0 Å². The van der Waals surface area contributed by atoms with Gasteiger partial charge in [0.2, 0.25) is 5.91 Å². The number of rotatable bonds is 1. The Kier molecular flexibility index (Phi) is 5.73. The summed E-state index contributed by atoms with van der Waals surface area (Å²) in [6, 6.07) is 2.81. The molecule has 1 unspecified atom stereocenters. The number of ketones is 1. The second-order valence-electron chi connectivity index (χ2n) is 5.47. The molecule has 1 atom stereocenters. The van der Waals surface area contributed by atoms with Crippen molar-refractivity contribution in [3.8, 4) is 0 Å². The van der Waals surface area contributed by atoms with E-state index in [1.54, 1.807) is 6.92 Å². The summed E-state index contributed by atoms with van der Waals surface area (Å²) in [5, 5.41) is 2.54. The van der Waals surface area contributed by atoms with Gasteiger partial charge in [-0.2, -0.15) is 8.78 Å². The van der Waals surface area contributed by atoms with Gasteiger partial charge in [-0.05, 0) is 25.0 Å². The van der Waals surface area contributed by atoms with Crippen LogP contribution >= 0.6 is 0 Å². The van der Waals surface area contributed by atoms with Crippen molar-refractivity contribution in [2.75, 3.05) is 0 Å². The maximum absolute atomic E-state index is 12.8. The quantitative estimate of drug-likeness (QED) is 0.767. The number of carbonyl (C=O) groups is 2.